The molecule has 0 aliphatic rings. The monoisotopic (exact) mass is 940 g/mol. The van der Waals surface area contributed by atoms with Crippen LogP contribution in [-0.4, -0.2) is 47.4 Å². The van der Waals surface area contributed by atoms with E-state index in [4.69, 9.17) is 4.74 Å². The standard InChI is InChI=1S/C61H113NO5/c1-3-5-7-9-11-13-15-17-19-21-23-25-26-28-30-33-37-41-45-49-53-59(64)58(57-63)62-60(65)54-50-46-42-38-34-32-36-40-44-48-52-56-67-61(66)55-51-47-43-39-35-31-29-27-24-22-20-18-16-14-12-10-8-6-4-2/h12,14,18,20,36,40,49,53,58-59,63-64H,3-11,13,15-17,19,21-35,37-39,41-48,50-52,54-57H2,1-2H3,(H,62,65)/b14-12-,20-18-,40-36-,53-49+. The molecule has 1 amide bonds. The Morgan fingerprint density at radius 1 is 0.418 bits per heavy atom. The summed E-state index contributed by atoms with van der Waals surface area (Å²) >= 11 is 0. The van der Waals surface area contributed by atoms with Crippen molar-refractivity contribution in [3.63, 3.8) is 0 Å². The zero-order chi connectivity index (χ0) is 48.6. The van der Waals surface area contributed by atoms with Crippen molar-refractivity contribution in [3.05, 3.63) is 48.6 Å². The number of hydrogen-bond donors (Lipinski definition) is 3. The Labute approximate surface area is 416 Å². The number of allylic oxidation sites excluding steroid dienone is 7. The van der Waals surface area contributed by atoms with Gasteiger partial charge in [0.25, 0.3) is 0 Å². The molecule has 6 nitrogen and oxygen atoms in total. The summed E-state index contributed by atoms with van der Waals surface area (Å²) < 4.78 is 5.45. The second-order valence-electron chi connectivity index (χ2n) is 20.0. The van der Waals surface area contributed by atoms with Crippen molar-refractivity contribution < 1.29 is 24.5 Å². The molecule has 0 spiro atoms. The van der Waals surface area contributed by atoms with Crippen LogP contribution in [0.4, 0.5) is 0 Å². The summed E-state index contributed by atoms with van der Waals surface area (Å²) in [5.74, 6) is -0.133. The minimum absolute atomic E-state index is 0.0368. The number of carbonyl (C=O) groups is 2. The predicted molar refractivity (Wildman–Crippen MR) is 292 cm³/mol. The van der Waals surface area contributed by atoms with Crippen LogP contribution in [0.3, 0.4) is 0 Å². The van der Waals surface area contributed by atoms with E-state index in [9.17, 15) is 19.8 Å². The number of aliphatic hydroxyl groups is 2. The van der Waals surface area contributed by atoms with Gasteiger partial charge in [0, 0.05) is 12.8 Å². The molecule has 6 heteroatoms. The van der Waals surface area contributed by atoms with Gasteiger partial charge in [0.2, 0.25) is 5.91 Å². The van der Waals surface area contributed by atoms with E-state index in [1.54, 1.807) is 6.08 Å². The second-order valence-corrected chi connectivity index (χ2v) is 20.0. The molecular weight excluding hydrogens is 827 g/mol. The van der Waals surface area contributed by atoms with Gasteiger partial charge in [-0.15, -0.1) is 0 Å². The van der Waals surface area contributed by atoms with E-state index in [0.717, 1.165) is 89.9 Å². The van der Waals surface area contributed by atoms with Gasteiger partial charge >= 0.3 is 5.97 Å². The van der Waals surface area contributed by atoms with Crippen molar-refractivity contribution >= 4 is 11.9 Å². The summed E-state index contributed by atoms with van der Waals surface area (Å²) in [5.41, 5.74) is 0. The fourth-order valence-corrected chi connectivity index (χ4v) is 8.78. The lowest BCUT2D eigenvalue weighted by molar-refractivity contribution is -0.143. The summed E-state index contributed by atoms with van der Waals surface area (Å²) in [7, 11) is 0. The van der Waals surface area contributed by atoms with Gasteiger partial charge in [-0.2, -0.15) is 0 Å². The highest BCUT2D eigenvalue weighted by Gasteiger charge is 2.18. The van der Waals surface area contributed by atoms with Crippen molar-refractivity contribution in [2.24, 2.45) is 0 Å². The van der Waals surface area contributed by atoms with E-state index in [0.29, 0.717) is 19.4 Å². The summed E-state index contributed by atoms with van der Waals surface area (Å²) in [6, 6.07) is -0.651. The maximum Gasteiger partial charge on any atom is 0.305 e. The molecule has 3 N–H and O–H groups in total. The quantitative estimate of drug-likeness (QED) is 0.0321. The number of esters is 1. The molecule has 0 rings (SSSR count). The molecule has 0 aliphatic carbocycles. The van der Waals surface area contributed by atoms with Gasteiger partial charge in [0.15, 0.2) is 0 Å². The summed E-state index contributed by atoms with van der Waals surface area (Å²) in [6.45, 7) is 4.81. The van der Waals surface area contributed by atoms with Crippen molar-refractivity contribution in [3.8, 4) is 0 Å². The van der Waals surface area contributed by atoms with Gasteiger partial charge in [0.1, 0.15) is 0 Å². The lowest BCUT2D eigenvalue weighted by Crippen LogP contribution is -2.45. The molecule has 0 aromatic rings. The minimum Gasteiger partial charge on any atom is -0.466 e. The first-order valence-electron chi connectivity index (χ1n) is 29.4. The van der Waals surface area contributed by atoms with Gasteiger partial charge < -0.3 is 20.3 Å². The predicted octanol–water partition coefficient (Wildman–Crippen LogP) is 18.2. The molecule has 0 fully saturated rings. The number of unbranched alkanes of at least 4 members (excludes halogenated alkanes) is 37. The highest BCUT2D eigenvalue weighted by Crippen LogP contribution is 2.16. The van der Waals surface area contributed by atoms with E-state index in [1.807, 2.05) is 6.08 Å². The Morgan fingerprint density at radius 3 is 1.18 bits per heavy atom. The first kappa shape index (κ1) is 64.8. The molecule has 0 saturated heterocycles. The van der Waals surface area contributed by atoms with Crippen LogP contribution >= 0.6 is 0 Å². The van der Waals surface area contributed by atoms with Crippen molar-refractivity contribution in [1.29, 1.82) is 0 Å². The lowest BCUT2D eigenvalue weighted by atomic mass is 10.0. The van der Waals surface area contributed by atoms with Crippen LogP contribution in [0.5, 0.6) is 0 Å². The van der Waals surface area contributed by atoms with Crippen molar-refractivity contribution in [1.82, 2.24) is 5.32 Å². The molecule has 0 radical (unpaired) electrons. The number of carbonyl (C=O) groups excluding carboxylic acids is 2. The maximum atomic E-state index is 12.5. The fraction of sp³-hybridized carbons (Fsp3) is 0.836. The van der Waals surface area contributed by atoms with Crippen LogP contribution in [0.2, 0.25) is 0 Å². The zero-order valence-corrected chi connectivity index (χ0v) is 44.6. The molecule has 0 aromatic heterocycles. The van der Waals surface area contributed by atoms with Crippen LogP contribution in [0.25, 0.3) is 0 Å². The summed E-state index contributed by atoms with van der Waals surface area (Å²) in [5, 5.41) is 23.1. The average molecular weight is 941 g/mol. The third-order valence-corrected chi connectivity index (χ3v) is 13.3. The summed E-state index contributed by atoms with van der Waals surface area (Å²) in [6.07, 6.45) is 71.3. The number of rotatable bonds is 54. The molecule has 2 unspecified atom stereocenters. The molecular formula is C61H113NO5. The first-order chi connectivity index (χ1) is 33.0. The molecule has 0 saturated carbocycles. The molecule has 0 aromatic carbocycles. The van der Waals surface area contributed by atoms with E-state index in [-0.39, 0.29) is 18.5 Å². The number of ether oxygens (including phenoxy) is 1. The molecule has 67 heavy (non-hydrogen) atoms. The van der Waals surface area contributed by atoms with Gasteiger partial charge in [-0.05, 0) is 89.9 Å². The largest absolute Gasteiger partial charge is 0.466 e. The Bertz CT molecular complexity index is 1130. The van der Waals surface area contributed by atoms with Crippen molar-refractivity contribution in [2.75, 3.05) is 13.2 Å². The van der Waals surface area contributed by atoms with Crippen LogP contribution in [0.1, 0.15) is 303 Å². The average Bonchev–Trinajstić information content (AvgIpc) is 3.33. The topological polar surface area (TPSA) is 95.9 Å². The van der Waals surface area contributed by atoms with Gasteiger partial charge in [-0.1, -0.05) is 249 Å². The smallest absolute Gasteiger partial charge is 0.305 e. The highest BCUT2D eigenvalue weighted by atomic mass is 16.5. The number of hydrogen-bond acceptors (Lipinski definition) is 5. The Morgan fingerprint density at radius 2 is 0.746 bits per heavy atom. The second kappa shape index (κ2) is 56.4. The van der Waals surface area contributed by atoms with E-state index in [2.05, 4.69) is 55.6 Å². The van der Waals surface area contributed by atoms with Crippen LogP contribution in [-0.2, 0) is 14.3 Å². The van der Waals surface area contributed by atoms with Crippen LogP contribution in [0.15, 0.2) is 48.6 Å². The van der Waals surface area contributed by atoms with E-state index >= 15 is 0 Å². The van der Waals surface area contributed by atoms with Gasteiger partial charge in [-0.25, -0.2) is 0 Å². The third kappa shape index (κ3) is 53.0. The van der Waals surface area contributed by atoms with E-state index in [1.165, 1.54) is 186 Å². The molecule has 0 bridgehead atoms. The highest BCUT2D eigenvalue weighted by molar-refractivity contribution is 5.76. The van der Waals surface area contributed by atoms with Gasteiger partial charge in [-0.3, -0.25) is 9.59 Å². The zero-order valence-electron chi connectivity index (χ0n) is 44.6. The first-order valence-corrected chi connectivity index (χ1v) is 29.4. The minimum atomic E-state index is -0.865. The Balaban J connectivity index is 3.54. The molecule has 0 aliphatic heterocycles. The fourth-order valence-electron chi connectivity index (χ4n) is 8.78. The van der Waals surface area contributed by atoms with Crippen LogP contribution in [0, 0.1) is 0 Å². The van der Waals surface area contributed by atoms with E-state index < -0.39 is 12.1 Å². The third-order valence-electron chi connectivity index (χ3n) is 13.3. The maximum absolute atomic E-state index is 12.5. The Kier molecular flexibility index (Phi) is 54.6. The molecule has 392 valence electrons. The lowest BCUT2D eigenvalue weighted by Gasteiger charge is -2.20. The SMILES string of the molecule is CCCCC/C=C\C/C=C\CCCCCCCCCCCC(=O)OCCCC/C=C\CCCCCCCC(=O)NC(CO)C(O)/C=C/CCCCCCCCCCCCCCCCCCCC. The van der Waals surface area contributed by atoms with Crippen LogP contribution < -0.4 is 5.32 Å². The number of aliphatic hydroxyl groups excluding tert-OH is 2. The van der Waals surface area contributed by atoms with Gasteiger partial charge in [0.05, 0.1) is 25.4 Å². The molecule has 2 atom stereocenters. The Hall–Kier alpha value is -2.18. The molecule has 0 heterocycles. The number of amides is 1. The normalized spacial score (nSPS) is 13.0. The summed E-state index contributed by atoms with van der Waals surface area (Å²) in [4.78, 5) is 24.6. The number of nitrogens with one attached hydrogen (secondary N) is 1. The van der Waals surface area contributed by atoms with Crippen molar-refractivity contribution in [2.45, 2.75) is 315 Å².